The second-order valence-corrected chi connectivity index (χ2v) is 7.76. The summed E-state index contributed by atoms with van der Waals surface area (Å²) in [6, 6.07) is 5.44. The minimum absolute atomic E-state index is 0.00225. The van der Waals surface area contributed by atoms with E-state index in [0.717, 1.165) is 23.2 Å². The molecule has 6 heteroatoms. The lowest BCUT2D eigenvalue weighted by atomic mass is 10.0. The Labute approximate surface area is 164 Å². The molecule has 2 aromatic rings. The number of carbonyl (C=O) groups is 2. The molecule has 3 atom stereocenters. The summed E-state index contributed by atoms with van der Waals surface area (Å²) >= 11 is 0. The van der Waals surface area contributed by atoms with Crippen LogP contribution in [0.15, 0.2) is 30.7 Å². The van der Waals surface area contributed by atoms with Gasteiger partial charge < -0.3 is 14.8 Å². The van der Waals surface area contributed by atoms with Crippen LogP contribution >= 0.6 is 0 Å². The van der Waals surface area contributed by atoms with E-state index in [1.54, 1.807) is 24.7 Å². The molecule has 28 heavy (non-hydrogen) atoms. The quantitative estimate of drug-likeness (QED) is 0.835. The standard InChI is InChI=1S/C22H24N4O2/c1-4-16-5-6-17(14(2)9-16)22(28)26-8-7-25(12-15(26)3)21(27)19-10-18(19)20-11-23-13-24-20/h1,5-6,9,11,13,15,18-19H,7-8,10,12H2,2-3H3,(H,23,24)/t15-,18-,19-/m1/s1. The number of H-pyrrole nitrogens is 1. The van der Waals surface area contributed by atoms with Crippen molar-refractivity contribution in [1.82, 2.24) is 19.8 Å². The molecule has 2 aliphatic rings. The van der Waals surface area contributed by atoms with Gasteiger partial charge in [0.05, 0.1) is 6.33 Å². The molecule has 2 amide bonds. The smallest absolute Gasteiger partial charge is 0.254 e. The van der Waals surface area contributed by atoms with Gasteiger partial charge in [-0.1, -0.05) is 5.92 Å². The molecule has 0 unspecified atom stereocenters. The number of piperazine rings is 1. The fourth-order valence-electron chi connectivity index (χ4n) is 4.12. The van der Waals surface area contributed by atoms with Gasteiger partial charge in [0.25, 0.3) is 5.91 Å². The number of nitrogens with one attached hydrogen (secondary N) is 1. The average molecular weight is 376 g/mol. The van der Waals surface area contributed by atoms with E-state index in [1.165, 1.54) is 0 Å². The molecule has 1 aromatic heterocycles. The maximum absolute atomic E-state index is 13.0. The SMILES string of the molecule is C#Cc1ccc(C(=O)N2CCN(C(=O)[C@@H]3C[C@H]3c3cnc[nH]3)C[C@H]2C)c(C)c1. The molecule has 1 aromatic carbocycles. The number of terminal acetylenes is 1. The first-order valence-corrected chi connectivity index (χ1v) is 9.65. The van der Waals surface area contributed by atoms with E-state index in [-0.39, 0.29) is 29.7 Å². The Morgan fingerprint density at radius 3 is 2.79 bits per heavy atom. The first-order valence-electron chi connectivity index (χ1n) is 9.65. The molecule has 1 aliphatic carbocycles. The van der Waals surface area contributed by atoms with Gasteiger partial charge >= 0.3 is 0 Å². The molecule has 0 radical (unpaired) electrons. The lowest BCUT2D eigenvalue weighted by molar-refractivity contribution is -0.135. The van der Waals surface area contributed by atoms with Gasteiger partial charge in [-0.15, -0.1) is 6.42 Å². The van der Waals surface area contributed by atoms with E-state index in [1.807, 2.05) is 29.7 Å². The van der Waals surface area contributed by atoms with Crippen LogP contribution in [0, 0.1) is 25.2 Å². The third-order valence-corrected chi connectivity index (χ3v) is 5.85. The summed E-state index contributed by atoms with van der Waals surface area (Å²) in [5.74, 6) is 3.07. The Hall–Kier alpha value is -3.07. The van der Waals surface area contributed by atoms with E-state index in [2.05, 4.69) is 15.9 Å². The Morgan fingerprint density at radius 1 is 1.32 bits per heavy atom. The highest BCUT2D eigenvalue weighted by atomic mass is 16.2. The lowest BCUT2D eigenvalue weighted by Gasteiger charge is -2.40. The summed E-state index contributed by atoms with van der Waals surface area (Å²) in [4.78, 5) is 36.8. The molecular formula is C22H24N4O2. The Bertz CT molecular complexity index is 944. The molecule has 4 rings (SSSR count). The summed E-state index contributed by atoms with van der Waals surface area (Å²) in [6.45, 7) is 5.59. The number of nitrogens with zero attached hydrogens (tertiary/aromatic N) is 3. The van der Waals surface area contributed by atoms with Crippen molar-refractivity contribution in [3.63, 3.8) is 0 Å². The number of aryl methyl sites for hydroxylation is 1. The van der Waals surface area contributed by atoms with Crippen LogP contribution in [0.4, 0.5) is 0 Å². The van der Waals surface area contributed by atoms with Gasteiger partial charge in [-0.3, -0.25) is 9.59 Å². The van der Waals surface area contributed by atoms with E-state index in [0.29, 0.717) is 25.2 Å². The van der Waals surface area contributed by atoms with Crippen LogP contribution in [0.3, 0.4) is 0 Å². The van der Waals surface area contributed by atoms with Gasteiger partial charge in [0.15, 0.2) is 0 Å². The maximum atomic E-state index is 13.0. The van der Waals surface area contributed by atoms with E-state index >= 15 is 0 Å². The zero-order chi connectivity index (χ0) is 19.8. The summed E-state index contributed by atoms with van der Waals surface area (Å²) in [5, 5.41) is 0. The summed E-state index contributed by atoms with van der Waals surface area (Å²) < 4.78 is 0. The fraction of sp³-hybridized carbons (Fsp3) is 0.409. The Kier molecular flexibility index (Phi) is 4.68. The average Bonchev–Trinajstić information content (AvgIpc) is 3.31. The second-order valence-electron chi connectivity index (χ2n) is 7.76. The number of aromatic nitrogens is 2. The predicted molar refractivity (Wildman–Crippen MR) is 106 cm³/mol. The number of amides is 2. The van der Waals surface area contributed by atoms with Crippen LogP contribution in [-0.4, -0.2) is 57.3 Å². The zero-order valence-electron chi connectivity index (χ0n) is 16.2. The van der Waals surface area contributed by atoms with Crippen molar-refractivity contribution in [3.05, 3.63) is 53.1 Å². The highest BCUT2D eigenvalue weighted by Gasteiger charge is 2.47. The second kappa shape index (κ2) is 7.16. The van der Waals surface area contributed by atoms with E-state index < -0.39 is 0 Å². The first-order chi connectivity index (χ1) is 13.5. The van der Waals surface area contributed by atoms with Crippen molar-refractivity contribution in [1.29, 1.82) is 0 Å². The number of hydrogen-bond donors (Lipinski definition) is 1. The van der Waals surface area contributed by atoms with Gasteiger partial charge in [0.1, 0.15) is 0 Å². The summed E-state index contributed by atoms with van der Waals surface area (Å²) in [7, 11) is 0. The van der Waals surface area contributed by atoms with Gasteiger partial charge in [-0.25, -0.2) is 4.98 Å². The molecule has 2 heterocycles. The van der Waals surface area contributed by atoms with Crippen LogP contribution in [0.25, 0.3) is 0 Å². The summed E-state index contributed by atoms with van der Waals surface area (Å²) in [6.07, 6.45) is 9.75. The maximum Gasteiger partial charge on any atom is 0.254 e. The van der Waals surface area contributed by atoms with Crippen molar-refractivity contribution in [2.24, 2.45) is 5.92 Å². The molecule has 6 nitrogen and oxygen atoms in total. The molecule has 0 bridgehead atoms. The Morgan fingerprint density at radius 2 is 2.14 bits per heavy atom. The first kappa shape index (κ1) is 18.3. The molecule has 144 valence electrons. The monoisotopic (exact) mass is 376 g/mol. The van der Waals surface area contributed by atoms with E-state index in [4.69, 9.17) is 6.42 Å². The van der Waals surface area contributed by atoms with Crippen LogP contribution in [0.1, 0.15) is 46.4 Å². The van der Waals surface area contributed by atoms with Crippen molar-refractivity contribution < 1.29 is 9.59 Å². The van der Waals surface area contributed by atoms with Gasteiger partial charge in [0, 0.05) is 60.5 Å². The molecule has 2 fully saturated rings. The summed E-state index contributed by atoms with van der Waals surface area (Å²) in [5.41, 5.74) is 3.36. The van der Waals surface area contributed by atoms with Gasteiger partial charge in [-0.2, -0.15) is 0 Å². The van der Waals surface area contributed by atoms with Gasteiger partial charge in [-0.05, 0) is 44.0 Å². The lowest BCUT2D eigenvalue weighted by Crippen LogP contribution is -2.55. The highest BCUT2D eigenvalue weighted by Crippen LogP contribution is 2.47. The topological polar surface area (TPSA) is 69.3 Å². The van der Waals surface area contributed by atoms with Crippen LogP contribution in [0.5, 0.6) is 0 Å². The molecule has 1 saturated heterocycles. The number of aromatic amines is 1. The molecule has 0 spiro atoms. The van der Waals surface area contributed by atoms with Gasteiger partial charge in [0.2, 0.25) is 5.91 Å². The zero-order valence-corrected chi connectivity index (χ0v) is 16.2. The van der Waals surface area contributed by atoms with Crippen molar-refractivity contribution in [3.8, 4) is 12.3 Å². The number of hydrogen-bond acceptors (Lipinski definition) is 3. The van der Waals surface area contributed by atoms with Crippen molar-refractivity contribution >= 4 is 11.8 Å². The van der Waals surface area contributed by atoms with Crippen molar-refractivity contribution in [2.45, 2.75) is 32.2 Å². The normalized spacial score (nSPS) is 24.0. The van der Waals surface area contributed by atoms with Crippen LogP contribution in [0.2, 0.25) is 0 Å². The number of imidazole rings is 1. The third-order valence-electron chi connectivity index (χ3n) is 5.85. The minimum atomic E-state index is -0.0266. The van der Waals surface area contributed by atoms with Crippen LogP contribution < -0.4 is 0 Å². The number of rotatable bonds is 3. The molecule has 1 N–H and O–H groups in total. The van der Waals surface area contributed by atoms with Crippen LogP contribution in [-0.2, 0) is 4.79 Å². The fourth-order valence-corrected chi connectivity index (χ4v) is 4.12. The van der Waals surface area contributed by atoms with E-state index in [9.17, 15) is 9.59 Å². The predicted octanol–water partition coefficient (Wildman–Crippen LogP) is 2.18. The Balaban J connectivity index is 1.40. The highest BCUT2D eigenvalue weighted by molar-refractivity contribution is 5.96. The number of benzene rings is 1. The minimum Gasteiger partial charge on any atom is -0.348 e. The number of carbonyl (C=O) groups excluding carboxylic acids is 2. The molecule has 1 saturated carbocycles. The molecule has 1 aliphatic heterocycles. The molecular weight excluding hydrogens is 352 g/mol. The largest absolute Gasteiger partial charge is 0.348 e. The third kappa shape index (κ3) is 3.29. The van der Waals surface area contributed by atoms with Crippen molar-refractivity contribution in [2.75, 3.05) is 19.6 Å².